The van der Waals surface area contributed by atoms with Gasteiger partial charge in [-0.3, -0.25) is 4.90 Å². The predicted octanol–water partition coefficient (Wildman–Crippen LogP) is 4.61. The molecule has 3 aromatic carbocycles. The molecule has 0 N–H and O–H groups in total. The van der Waals surface area contributed by atoms with Crippen LogP contribution in [0, 0.1) is 0 Å². The van der Waals surface area contributed by atoms with Crippen molar-refractivity contribution in [3.63, 3.8) is 0 Å². The maximum Gasteiger partial charge on any atom is 0.161 e. The monoisotopic (exact) mass is 418 g/mol. The fourth-order valence-corrected chi connectivity index (χ4v) is 3.88. The molecule has 162 valence electrons. The van der Waals surface area contributed by atoms with Gasteiger partial charge in [-0.25, -0.2) is 0 Å². The summed E-state index contributed by atoms with van der Waals surface area (Å²) in [6.45, 7) is 5.53. The number of hydrogen-bond donors (Lipinski definition) is 0. The lowest BCUT2D eigenvalue weighted by Gasteiger charge is -2.36. The maximum atomic E-state index is 5.98. The van der Waals surface area contributed by atoms with E-state index in [1.807, 2.05) is 36.4 Å². The Morgan fingerprint density at radius 1 is 0.710 bits per heavy atom. The van der Waals surface area contributed by atoms with Crippen LogP contribution in [0.1, 0.15) is 11.1 Å². The van der Waals surface area contributed by atoms with E-state index < -0.39 is 0 Å². The first-order chi connectivity index (χ1) is 15.2. The van der Waals surface area contributed by atoms with Crippen molar-refractivity contribution in [2.24, 2.45) is 0 Å². The molecule has 0 atom stereocenters. The Labute approximate surface area is 184 Å². The number of hydrogen-bond acceptors (Lipinski definition) is 5. The van der Waals surface area contributed by atoms with Gasteiger partial charge in [-0.1, -0.05) is 36.4 Å². The average molecular weight is 419 g/mol. The minimum Gasteiger partial charge on any atom is -0.497 e. The van der Waals surface area contributed by atoms with Crippen LogP contribution in [0.25, 0.3) is 0 Å². The molecule has 0 unspecified atom stereocenters. The van der Waals surface area contributed by atoms with Crippen molar-refractivity contribution in [2.45, 2.75) is 13.2 Å². The van der Waals surface area contributed by atoms with Crippen molar-refractivity contribution in [1.29, 1.82) is 0 Å². The van der Waals surface area contributed by atoms with Crippen LogP contribution in [0.5, 0.6) is 17.2 Å². The number of nitrogens with zero attached hydrogens (tertiary/aromatic N) is 2. The average Bonchev–Trinajstić information content (AvgIpc) is 2.84. The molecule has 1 heterocycles. The zero-order valence-electron chi connectivity index (χ0n) is 18.3. The van der Waals surface area contributed by atoms with E-state index in [4.69, 9.17) is 14.2 Å². The molecule has 1 aliphatic rings. The van der Waals surface area contributed by atoms with Crippen molar-refractivity contribution < 1.29 is 14.2 Å². The zero-order valence-corrected chi connectivity index (χ0v) is 18.3. The molecular weight excluding hydrogens is 388 g/mol. The molecule has 0 aliphatic carbocycles. The van der Waals surface area contributed by atoms with E-state index in [0.717, 1.165) is 55.5 Å². The van der Waals surface area contributed by atoms with Gasteiger partial charge in [0.1, 0.15) is 12.4 Å². The number of methoxy groups -OCH3 is 2. The molecule has 0 aromatic heterocycles. The van der Waals surface area contributed by atoms with Gasteiger partial charge in [-0.2, -0.15) is 0 Å². The molecule has 31 heavy (non-hydrogen) atoms. The summed E-state index contributed by atoms with van der Waals surface area (Å²) in [6.07, 6.45) is 0. The van der Waals surface area contributed by atoms with E-state index >= 15 is 0 Å². The lowest BCUT2D eigenvalue weighted by molar-refractivity contribution is 0.248. The molecule has 0 radical (unpaired) electrons. The smallest absolute Gasteiger partial charge is 0.161 e. The molecule has 3 aromatic rings. The topological polar surface area (TPSA) is 34.2 Å². The minimum atomic E-state index is 0.532. The number of benzene rings is 3. The first-order valence-corrected chi connectivity index (χ1v) is 10.7. The summed E-state index contributed by atoms with van der Waals surface area (Å²) in [7, 11) is 3.40. The van der Waals surface area contributed by atoms with Gasteiger partial charge < -0.3 is 19.1 Å². The van der Waals surface area contributed by atoms with Gasteiger partial charge in [0.2, 0.25) is 0 Å². The van der Waals surface area contributed by atoms with Crippen LogP contribution in [0.4, 0.5) is 5.69 Å². The van der Waals surface area contributed by atoms with Crippen molar-refractivity contribution in [1.82, 2.24) is 4.90 Å². The summed E-state index contributed by atoms with van der Waals surface area (Å²) in [6, 6.07) is 24.7. The first-order valence-electron chi connectivity index (χ1n) is 10.7. The molecule has 0 amide bonds. The Kier molecular flexibility index (Phi) is 6.95. The normalized spacial score (nSPS) is 14.3. The second kappa shape index (κ2) is 10.2. The highest BCUT2D eigenvalue weighted by Crippen LogP contribution is 2.29. The third-order valence-electron chi connectivity index (χ3n) is 5.68. The fraction of sp³-hybridized carbons (Fsp3) is 0.308. The lowest BCUT2D eigenvalue weighted by Crippen LogP contribution is -2.45. The van der Waals surface area contributed by atoms with E-state index in [9.17, 15) is 0 Å². The lowest BCUT2D eigenvalue weighted by atomic mass is 10.1. The molecular formula is C26H30N2O3. The van der Waals surface area contributed by atoms with Crippen LogP contribution in [-0.2, 0) is 13.2 Å². The Bertz CT molecular complexity index is 952. The fourth-order valence-electron chi connectivity index (χ4n) is 3.88. The van der Waals surface area contributed by atoms with Gasteiger partial charge in [-0.15, -0.1) is 0 Å². The molecule has 5 heteroatoms. The van der Waals surface area contributed by atoms with E-state index in [1.165, 1.54) is 11.3 Å². The Morgan fingerprint density at radius 2 is 1.45 bits per heavy atom. The summed E-state index contributed by atoms with van der Waals surface area (Å²) in [5.74, 6) is 2.46. The van der Waals surface area contributed by atoms with E-state index in [-0.39, 0.29) is 0 Å². The highest BCUT2D eigenvalue weighted by molar-refractivity contribution is 5.49. The quantitative estimate of drug-likeness (QED) is 0.534. The summed E-state index contributed by atoms with van der Waals surface area (Å²) in [5, 5.41) is 0. The summed E-state index contributed by atoms with van der Waals surface area (Å²) >= 11 is 0. The molecule has 1 saturated heterocycles. The van der Waals surface area contributed by atoms with Crippen LogP contribution >= 0.6 is 0 Å². The Hall–Kier alpha value is -3.18. The molecule has 0 saturated carbocycles. The van der Waals surface area contributed by atoms with Crippen molar-refractivity contribution >= 4 is 5.69 Å². The summed E-state index contributed by atoms with van der Waals surface area (Å²) in [4.78, 5) is 4.91. The third kappa shape index (κ3) is 5.50. The molecule has 5 nitrogen and oxygen atoms in total. The predicted molar refractivity (Wildman–Crippen MR) is 124 cm³/mol. The zero-order chi connectivity index (χ0) is 21.5. The molecule has 4 rings (SSSR count). The van der Waals surface area contributed by atoms with Gasteiger partial charge in [0.15, 0.2) is 11.5 Å². The van der Waals surface area contributed by atoms with Crippen molar-refractivity contribution in [2.75, 3.05) is 45.3 Å². The highest BCUT2D eigenvalue weighted by atomic mass is 16.5. The first kappa shape index (κ1) is 21.1. The van der Waals surface area contributed by atoms with Crippen LogP contribution in [0.3, 0.4) is 0 Å². The van der Waals surface area contributed by atoms with Crippen molar-refractivity contribution in [3.05, 3.63) is 83.9 Å². The number of ether oxygens (including phenoxy) is 3. The summed E-state index contributed by atoms with van der Waals surface area (Å²) < 4.78 is 16.8. The minimum absolute atomic E-state index is 0.532. The van der Waals surface area contributed by atoms with Crippen LogP contribution in [0.2, 0.25) is 0 Å². The largest absolute Gasteiger partial charge is 0.497 e. The second-order valence-corrected chi connectivity index (χ2v) is 7.72. The standard InChI is InChI=1S/C26H30N2O3/c1-29-24-11-9-23(10-12-24)28-16-14-27(15-17-28)19-22-8-13-25(26(18-22)30-2)31-20-21-6-4-3-5-7-21/h3-13,18H,14-17,19-20H2,1-2H3. The Morgan fingerprint density at radius 3 is 2.13 bits per heavy atom. The molecule has 0 bridgehead atoms. The maximum absolute atomic E-state index is 5.98. The van der Waals surface area contributed by atoms with Gasteiger partial charge in [-0.05, 0) is 47.5 Å². The number of anilines is 1. The molecule has 0 spiro atoms. The van der Waals surface area contributed by atoms with Gasteiger partial charge >= 0.3 is 0 Å². The molecule has 1 fully saturated rings. The van der Waals surface area contributed by atoms with E-state index in [2.05, 4.69) is 46.2 Å². The van der Waals surface area contributed by atoms with E-state index in [1.54, 1.807) is 14.2 Å². The summed E-state index contributed by atoms with van der Waals surface area (Å²) in [5.41, 5.74) is 3.63. The van der Waals surface area contributed by atoms with Gasteiger partial charge in [0.05, 0.1) is 14.2 Å². The highest BCUT2D eigenvalue weighted by Gasteiger charge is 2.18. The van der Waals surface area contributed by atoms with Crippen molar-refractivity contribution in [3.8, 4) is 17.2 Å². The van der Waals surface area contributed by atoms with Crippen LogP contribution in [0.15, 0.2) is 72.8 Å². The van der Waals surface area contributed by atoms with Crippen LogP contribution in [-0.4, -0.2) is 45.3 Å². The number of piperazine rings is 1. The third-order valence-corrected chi connectivity index (χ3v) is 5.68. The SMILES string of the molecule is COc1ccc(N2CCN(Cc3ccc(OCc4ccccc4)c(OC)c3)CC2)cc1. The number of rotatable bonds is 8. The van der Waals surface area contributed by atoms with E-state index in [0.29, 0.717) is 6.61 Å². The Balaban J connectivity index is 1.32. The van der Waals surface area contributed by atoms with Gasteiger partial charge in [0.25, 0.3) is 0 Å². The molecule has 1 aliphatic heterocycles. The van der Waals surface area contributed by atoms with Crippen LogP contribution < -0.4 is 19.1 Å². The van der Waals surface area contributed by atoms with Gasteiger partial charge in [0, 0.05) is 38.4 Å². The second-order valence-electron chi connectivity index (χ2n) is 7.72.